The summed E-state index contributed by atoms with van der Waals surface area (Å²) >= 11 is 6.10. The summed E-state index contributed by atoms with van der Waals surface area (Å²) in [6.45, 7) is -0.228. The summed E-state index contributed by atoms with van der Waals surface area (Å²) < 4.78 is 7.43. The van der Waals surface area contributed by atoms with Crippen LogP contribution in [0.5, 0.6) is 0 Å². The minimum Gasteiger partial charge on any atom is -0.394 e. The van der Waals surface area contributed by atoms with E-state index in [0.29, 0.717) is 29.4 Å². The van der Waals surface area contributed by atoms with E-state index in [-0.39, 0.29) is 11.9 Å². The Morgan fingerprint density at radius 3 is 2.83 bits per heavy atom. The Morgan fingerprint density at radius 1 is 1.33 bits per heavy atom. The Morgan fingerprint density at radius 2 is 2.12 bits per heavy atom. The molecule has 3 atom stereocenters. The van der Waals surface area contributed by atoms with Crippen LogP contribution in [0.2, 0.25) is 5.28 Å². The second kappa shape index (κ2) is 6.44. The maximum absolute atomic E-state index is 9.94. The van der Waals surface area contributed by atoms with Crippen molar-refractivity contribution in [3.63, 3.8) is 0 Å². The largest absolute Gasteiger partial charge is 0.394 e. The summed E-state index contributed by atoms with van der Waals surface area (Å²) in [6.07, 6.45) is 4.88. The maximum atomic E-state index is 9.94. The van der Waals surface area contributed by atoms with Crippen molar-refractivity contribution in [3.8, 4) is 0 Å². The van der Waals surface area contributed by atoms with Gasteiger partial charge in [-0.2, -0.15) is 9.97 Å². The molecule has 1 aliphatic carbocycles. The van der Waals surface area contributed by atoms with E-state index in [2.05, 4.69) is 20.3 Å². The summed E-state index contributed by atoms with van der Waals surface area (Å²) in [6, 6.07) is 0.382. The van der Waals surface area contributed by atoms with E-state index in [1.54, 1.807) is 10.9 Å². The molecule has 0 bridgehead atoms. The second-order valence-corrected chi connectivity index (χ2v) is 6.74. The molecule has 3 unspecified atom stereocenters. The minimum absolute atomic E-state index is 0.141. The van der Waals surface area contributed by atoms with E-state index in [1.165, 1.54) is 12.8 Å². The second-order valence-electron chi connectivity index (χ2n) is 6.41. The molecule has 0 amide bonds. The fourth-order valence-electron chi connectivity index (χ4n) is 3.52. The fourth-order valence-corrected chi connectivity index (χ4v) is 3.68. The van der Waals surface area contributed by atoms with Crippen LogP contribution in [0.25, 0.3) is 11.2 Å². The number of nitrogens with one attached hydrogen (secondary N) is 1. The minimum atomic E-state index is -0.717. The predicted molar refractivity (Wildman–Crippen MR) is 87.8 cm³/mol. The number of nitrogens with zero attached hydrogens (tertiary/aromatic N) is 4. The molecule has 2 aromatic rings. The SMILES string of the molecule is OCC1OC(n2cnc3c(NC4CCCC4)nc(Cl)nc32)CC1O. The molecule has 1 saturated carbocycles. The standard InChI is InChI=1S/C15H20ClN5O3/c16-15-19-13(18-8-3-1-2-4-8)12-14(20-15)21(7-17-12)11-5-9(23)10(6-22)24-11/h7-11,22-23H,1-6H2,(H,18,19,20). The maximum Gasteiger partial charge on any atom is 0.226 e. The highest BCUT2D eigenvalue weighted by atomic mass is 35.5. The van der Waals surface area contributed by atoms with Crippen LogP contribution in [-0.4, -0.2) is 54.6 Å². The van der Waals surface area contributed by atoms with Gasteiger partial charge in [0.2, 0.25) is 5.28 Å². The van der Waals surface area contributed by atoms with Crippen LogP contribution in [0.3, 0.4) is 0 Å². The van der Waals surface area contributed by atoms with Gasteiger partial charge in [-0.05, 0) is 24.4 Å². The summed E-state index contributed by atoms with van der Waals surface area (Å²) in [4.78, 5) is 13.0. The van der Waals surface area contributed by atoms with Crippen LogP contribution in [0.15, 0.2) is 6.33 Å². The molecule has 1 saturated heterocycles. The predicted octanol–water partition coefficient (Wildman–Crippen LogP) is 1.47. The number of rotatable bonds is 4. The van der Waals surface area contributed by atoms with Crippen molar-refractivity contribution < 1.29 is 14.9 Å². The van der Waals surface area contributed by atoms with E-state index < -0.39 is 18.4 Å². The molecule has 2 aliphatic rings. The van der Waals surface area contributed by atoms with Crippen molar-refractivity contribution in [2.45, 2.75) is 56.6 Å². The Hall–Kier alpha value is -1.48. The number of halogens is 1. The van der Waals surface area contributed by atoms with E-state index >= 15 is 0 Å². The average molecular weight is 354 g/mol. The molecule has 0 radical (unpaired) electrons. The third-order valence-electron chi connectivity index (χ3n) is 4.78. The van der Waals surface area contributed by atoms with Gasteiger partial charge in [0.15, 0.2) is 17.0 Å². The number of aliphatic hydroxyl groups is 2. The van der Waals surface area contributed by atoms with Crippen molar-refractivity contribution in [3.05, 3.63) is 11.6 Å². The summed E-state index contributed by atoms with van der Waals surface area (Å²) in [5.74, 6) is 0.632. The summed E-state index contributed by atoms with van der Waals surface area (Å²) in [5.41, 5.74) is 1.20. The lowest BCUT2D eigenvalue weighted by atomic mass is 10.2. The molecule has 8 nitrogen and oxygen atoms in total. The van der Waals surface area contributed by atoms with Gasteiger partial charge in [-0.1, -0.05) is 12.8 Å². The number of hydrogen-bond acceptors (Lipinski definition) is 7. The first-order valence-electron chi connectivity index (χ1n) is 8.26. The lowest BCUT2D eigenvalue weighted by molar-refractivity contribution is -0.0432. The first-order chi connectivity index (χ1) is 11.7. The van der Waals surface area contributed by atoms with E-state index in [9.17, 15) is 10.2 Å². The lowest BCUT2D eigenvalue weighted by Gasteiger charge is -2.15. The van der Waals surface area contributed by atoms with Crippen molar-refractivity contribution in [2.75, 3.05) is 11.9 Å². The first-order valence-corrected chi connectivity index (χ1v) is 8.64. The number of imidazole rings is 1. The van der Waals surface area contributed by atoms with Gasteiger partial charge in [-0.15, -0.1) is 0 Å². The molecule has 1 aliphatic heterocycles. The Labute approximate surface area is 143 Å². The van der Waals surface area contributed by atoms with Crippen LogP contribution in [0.4, 0.5) is 5.82 Å². The summed E-state index contributed by atoms with van der Waals surface area (Å²) in [5, 5.41) is 22.7. The monoisotopic (exact) mass is 353 g/mol. The van der Waals surface area contributed by atoms with Gasteiger partial charge in [-0.3, -0.25) is 4.57 Å². The zero-order chi connectivity index (χ0) is 16.7. The van der Waals surface area contributed by atoms with Gasteiger partial charge in [0.05, 0.1) is 19.0 Å². The van der Waals surface area contributed by atoms with Crippen molar-refractivity contribution >= 4 is 28.6 Å². The Kier molecular flexibility index (Phi) is 4.29. The fraction of sp³-hybridized carbons (Fsp3) is 0.667. The third kappa shape index (κ3) is 2.83. The van der Waals surface area contributed by atoms with E-state index in [1.807, 2.05) is 0 Å². The van der Waals surface area contributed by atoms with Crippen molar-refractivity contribution in [2.24, 2.45) is 0 Å². The van der Waals surface area contributed by atoms with Gasteiger partial charge in [0.25, 0.3) is 0 Å². The van der Waals surface area contributed by atoms with Crippen LogP contribution < -0.4 is 5.32 Å². The molecule has 2 fully saturated rings. The molecule has 3 N–H and O–H groups in total. The zero-order valence-corrected chi connectivity index (χ0v) is 13.9. The van der Waals surface area contributed by atoms with Gasteiger partial charge >= 0.3 is 0 Å². The molecule has 2 aromatic heterocycles. The first kappa shape index (κ1) is 16.0. The quantitative estimate of drug-likeness (QED) is 0.715. The van der Waals surface area contributed by atoms with Gasteiger partial charge in [-0.25, -0.2) is 4.98 Å². The smallest absolute Gasteiger partial charge is 0.226 e. The molecule has 0 spiro atoms. The molecule has 9 heteroatoms. The normalized spacial score (nSPS) is 28.0. The number of fused-ring (bicyclic) bond motifs is 1. The van der Waals surface area contributed by atoms with E-state index in [0.717, 1.165) is 12.8 Å². The number of anilines is 1. The van der Waals surface area contributed by atoms with Crippen molar-refractivity contribution in [1.29, 1.82) is 0 Å². The molecule has 3 heterocycles. The van der Waals surface area contributed by atoms with Gasteiger partial charge < -0.3 is 20.3 Å². The molecular weight excluding hydrogens is 334 g/mol. The average Bonchev–Trinajstić information content (AvgIpc) is 3.26. The van der Waals surface area contributed by atoms with Gasteiger partial charge in [0, 0.05) is 12.5 Å². The Bertz CT molecular complexity index is 733. The lowest BCUT2D eigenvalue weighted by Crippen LogP contribution is -2.24. The van der Waals surface area contributed by atoms with Gasteiger partial charge in [0.1, 0.15) is 12.3 Å². The van der Waals surface area contributed by atoms with Crippen molar-refractivity contribution in [1.82, 2.24) is 19.5 Å². The van der Waals surface area contributed by atoms with Crippen LogP contribution in [0, 0.1) is 0 Å². The molecule has 130 valence electrons. The van der Waals surface area contributed by atoms with Crippen LogP contribution >= 0.6 is 11.6 Å². The molecular formula is C15H20ClN5O3. The van der Waals surface area contributed by atoms with E-state index in [4.69, 9.17) is 16.3 Å². The molecule has 24 heavy (non-hydrogen) atoms. The number of aromatic nitrogens is 4. The number of hydrogen-bond donors (Lipinski definition) is 3. The highest BCUT2D eigenvalue weighted by Crippen LogP contribution is 2.33. The third-order valence-corrected chi connectivity index (χ3v) is 4.95. The number of aliphatic hydroxyl groups excluding tert-OH is 2. The zero-order valence-electron chi connectivity index (χ0n) is 13.1. The van der Waals surface area contributed by atoms with Crippen LogP contribution in [0.1, 0.15) is 38.3 Å². The highest BCUT2D eigenvalue weighted by Gasteiger charge is 2.35. The number of ether oxygens (including phenoxy) is 1. The summed E-state index contributed by atoms with van der Waals surface area (Å²) in [7, 11) is 0. The topological polar surface area (TPSA) is 105 Å². The highest BCUT2D eigenvalue weighted by molar-refractivity contribution is 6.28. The van der Waals surface area contributed by atoms with Crippen LogP contribution in [-0.2, 0) is 4.74 Å². The Balaban J connectivity index is 1.67. The molecule has 4 rings (SSSR count). The molecule has 0 aromatic carbocycles.